The summed E-state index contributed by atoms with van der Waals surface area (Å²) in [7, 11) is 2.26. The first kappa shape index (κ1) is 9.05. The molecule has 0 aromatic carbocycles. The van der Waals surface area contributed by atoms with Gasteiger partial charge >= 0.3 is 0 Å². The molecule has 0 spiro atoms. The number of nitrogens with zero attached hydrogens (tertiary/aromatic N) is 1. The molecule has 0 radical (unpaired) electrons. The second-order valence-corrected chi connectivity index (χ2v) is 4.23. The summed E-state index contributed by atoms with van der Waals surface area (Å²) in [5.41, 5.74) is 0. The van der Waals surface area contributed by atoms with E-state index in [1.54, 1.807) is 0 Å². The fourth-order valence-corrected chi connectivity index (χ4v) is 2.11. The van der Waals surface area contributed by atoms with Gasteiger partial charge < -0.3 is 4.90 Å². The number of hydrogen-bond donors (Lipinski definition) is 0. The summed E-state index contributed by atoms with van der Waals surface area (Å²) in [5.74, 6) is 0.919. The van der Waals surface area contributed by atoms with Gasteiger partial charge in [0.2, 0.25) is 0 Å². The SMILES string of the molecule is CC(C)N(C)[C@H]1CCC[C@@H]1C. The van der Waals surface area contributed by atoms with Gasteiger partial charge in [0, 0.05) is 12.1 Å². The van der Waals surface area contributed by atoms with Gasteiger partial charge in [-0.1, -0.05) is 13.3 Å². The maximum Gasteiger partial charge on any atom is 0.0120 e. The molecule has 1 heteroatoms. The fourth-order valence-electron chi connectivity index (χ4n) is 2.11. The Balaban J connectivity index is 2.45. The van der Waals surface area contributed by atoms with Crippen LogP contribution in [0.25, 0.3) is 0 Å². The van der Waals surface area contributed by atoms with E-state index in [1.165, 1.54) is 19.3 Å². The van der Waals surface area contributed by atoms with Crippen molar-refractivity contribution in [3.8, 4) is 0 Å². The second kappa shape index (κ2) is 3.57. The van der Waals surface area contributed by atoms with Crippen LogP contribution in [0.3, 0.4) is 0 Å². The molecule has 66 valence electrons. The number of rotatable bonds is 2. The average molecular weight is 155 g/mol. The third-order valence-corrected chi connectivity index (χ3v) is 3.15. The fraction of sp³-hybridized carbons (Fsp3) is 1.00. The van der Waals surface area contributed by atoms with Gasteiger partial charge in [0.05, 0.1) is 0 Å². The molecule has 0 aromatic heterocycles. The van der Waals surface area contributed by atoms with Crippen LogP contribution in [-0.4, -0.2) is 24.0 Å². The van der Waals surface area contributed by atoms with Crippen LogP contribution in [-0.2, 0) is 0 Å². The van der Waals surface area contributed by atoms with Crippen molar-refractivity contribution in [2.24, 2.45) is 5.92 Å². The van der Waals surface area contributed by atoms with Gasteiger partial charge in [-0.3, -0.25) is 0 Å². The van der Waals surface area contributed by atoms with Crippen molar-refractivity contribution in [1.29, 1.82) is 0 Å². The Morgan fingerprint density at radius 1 is 1.27 bits per heavy atom. The lowest BCUT2D eigenvalue weighted by Gasteiger charge is -2.31. The zero-order chi connectivity index (χ0) is 8.43. The van der Waals surface area contributed by atoms with Crippen molar-refractivity contribution >= 4 is 0 Å². The summed E-state index contributed by atoms with van der Waals surface area (Å²) < 4.78 is 0. The predicted octanol–water partition coefficient (Wildman–Crippen LogP) is 2.52. The van der Waals surface area contributed by atoms with Gasteiger partial charge in [0.1, 0.15) is 0 Å². The maximum absolute atomic E-state index is 2.53. The van der Waals surface area contributed by atoms with Crippen LogP contribution < -0.4 is 0 Å². The molecule has 11 heavy (non-hydrogen) atoms. The van der Waals surface area contributed by atoms with Crippen molar-refractivity contribution in [3.63, 3.8) is 0 Å². The smallest absolute Gasteiger partial charge is 0.0120 e. The lowest BCUT2D eigenvalue weighted by Crippen LogP contribution is -2.38. The predicted molar refractivity (Wildman–Crippen MR) is 49.7 cm³/mol. The molecule has 0 aliphatic heterocycles. The molecule has 1 fully saturated rings. The molecule has 0 N–H and O–H groups in total. The van der Waals surface area contributed by atoms with Gasteiger partial charge in [0.25, 0.3) is 0 Å². The second-order valence-electron chi connectivity index (χ2n) is 4.23. The summed E-state index contributed by atoms with van der Waals surface area (Å²) in [4.78, 5) is 2.53. The van der Waals surface area contributed by atoms with Gasteiger partial charge in [-0.2, -0.15) is 0 Å². The molecule has 2 atom stereocenters. The molecule has 1 aliphatic carbocycles. The lowest BCUT2D eigenvalue weighted by molar-refractivity contribution is 0.165. The minimum Gasteiger partial charge on any atom is -0.301 e. The average Bonchev–Trinajstić information content (AvgIpc) is 2.33. The zero-order valence-corrected chi connectivity index (χ0v) is 8.30. The highest BCUT2D eigenvalue weighted by atomic mass is 15.2. The third-order valence-electron chi connectivity index (χ3n) is 3.15. The Kier molecular flexibility index (Phi) is 2.94. The molecule has 1 rings (SSSR count). The van der Waals surface area contributed by atoms with E-state index < -0.39 is 0 Å². The van der Waals surface area contributed by atoms with Crippen molar-refractivity contribution < 1.29 is 0 Å². The quantitative estimate of drug-likeness (QED) is 0.592. The molecule has 0 bridgehead atoms. The summed E-state index contributed by atoms with van der Waals surface area (Å²) in [6.45, 7) is 6.95. The molecular formula is C10H21N. The molecule has 1 nitrogen and oxygen atoms in total. The maximum atomic E-state index is 2.53. The Bertz CT molecular complexity index is 120. The summed E-state index contributed by atoms with van der Waals surface area (Å²) in [5, 5.41) is 0. The van der Waals surface area contributed by atoms with E-state index in [4.69, 9.17) is 0 Å². The minimum absolute atomic E-state index is 0.709. The van der Waals surface area contributed by atoms with Gasteiger partial charge in [-0.05, 0) is 39.7 Å². The van der Waals surface area contributed by atoms with E-state index in [9.17, 15) is 0 Å². The van der Waals surface area contributed by atoms with E-state index in [1.807, 2.05) is 0 Å². The topological polar surface area (TPSA) is 3.24 Å². The van der Waals surface area contributed by atoms with Crippen molar-refractivity contribution in [2.45, 2.75) is 52.1 Å². The van der Waals surface area contributed by atoms with Crippen molar-refractivity contribution in [2.75, 3.05) is 7.05 Å². The van der Waals surface area contributed by atoms with Crippen molar-refractivity contribution in [1.82, 2.24) is 4.90 Å². The van der Waals surface area contributed by atoms with Gasteiger partial charge in [-0.25, -0.2) is 0 Å². The highest BCUT2D eigenvalue weighted by molar-refractivity contribution is 4.82. The lowest BCUT2D eigenvalue weighted by atomic mass is 10.0. The summed E-state index contributed by atoms with van der Waals surface area (Å²) in [6.07, 6.45) is 4.28. The van der Waals surface area contributed by atoms with E-state index >= 15 is 0 Å². The van der Waals surface area contributed by atoms with E-state index in [-0.39, 0.29) is 0 Å². The first-order valence-electron chi connectivity index (χ1n) is 4.85. The molecule has 0 aromatic rings. The standard InChI is InChI=1S/C10H21N/c1-8(2)11(4)10-7-5-6-9(10)3/h8-10H,5-7H2,1-4H3/t9-,10-/m0/s1. The Morgan fingerprint density at radius 3 is 2.27 bits per heavy atom. The normalized spacial score (nSPS) is 32.2. The highest BCUT2D eigenvalue weighted by Crippen LogP contribution is 2.29. The number of hydrogen-bond acceptors (Lipinski definition) is 1. The first-order chi connectivity index (χ1) is 5.13. The zero-order valence-electron chi connectivity index (χ0n) is 8.30. The van der Waals surface area contributed by atoms with Crippen LogP contribution in [0.5, 0.6) is 0 Å². The molecule has 0 heterocycles. The molecule has 0 amide bonds. The highest BCUT2D eigenvalue weighted by Gasteiger charge is 2.27. The monoisotopic (exact) mass is 155 g/mol. The van der Waals surface area contributed by atoms with Crippen LogP contribution in [0.4, 0.5) is 0 Å². The molecule has 1 saturated carbocycles. The van der Waals surface area contributed by atoms with E-state index in [0.717, 1.165) is 12.0 Å². The Labute approximate surface area is 70.8 Å². The first-order valence-corrected chi connectivity index (χ1v) is 4.85. The summed E-state index contributed by atoms with van der Waals surface area (Å²) >= 11 is 0. The minimum atomic E-state index is 0.709. The summed E-state index contributed by atoms with van der Waals surface area (Å²) in [6, 6.07) is 1.57. The largest absolute Gasteiger partial charge is 0.301 e. The molecule has 0 unspecified atom stereocenters. The van der Waals surface area contributed by atoms with Crippen LogP contribution in [0.1, 0.15) is 40.0 Å². The van der Waals surface area contributed by atoms with E-state index in [2.05, 4.69) is 32.7 Å². The van der Waals surface area contributed by atoms with Crippen LogP contribution in [0.2, 0.25) is 0 Å². The van der Waals surface area contributed by atoms with Gasteiger partial charge in [0.15, 0.2) is 0 Å². The molecular weight excluding hydrogens is 134 g/mol. The Morgan fingerprint density at radius 2 is 1.91 bits per heavy atom. The molecule has 1 aliphatic rings. The van der Waals surface area contributed by atoms with Crippen LogP contribution in [0.15, 0.2) is 0 Å². The van der Waals surface area contributed by atoms with Gasteiger partial charge in [-0.15, -0.1) is 0 Å². The van der Waals surface area contributed by atoms with E-state index in [0.29, 0.717) is 6.04 Å². The Hall–Kier alpha value is -0.0400. The molecule has 0 saturated heterocycles. The van der Waals surface area contributed by atoms with Crippen molar-refractivity contribution in [3.05, 3.63) is 0 Å². The van der Waals surface area contributed by atoms with Crippen LogP contribution >= 0.6 is 0 Å². The third kappa shape index (κ3) is 1.96. The van der Waals surface area contributed by atoms with Crippen LogP contribution in [0, 0.1) is 5.92 Å².